The number of halogens is 1. The summed E-state index contributed by atoms with van der Waals surface area (Å²) < 4.78 is 13.8. The lowest BCUT2D eigenvalue weighted by Gasteiger charge is -2.10. The van der Waals surface area contributed by atoms with E-state index in [-0.39, 0.29) is 12.0 Å². The van der Waals surface area contributed by atoms with E-state index in [1.54, 1.807) is 35.9 Å². The molecule has 1 aliphatic heterocycles. The van der Waals surface area contributed by atoms with E-state index in [9.17, 15) is 4.39 Å². The zero-order valence-corrected chi connectivity index (χ0v) is 10.2. The second-order valence-corrected chi connectivity index (χ2v) is 4.73. The van der Waals surface area contributed by atoms with Crippen molar-refractivity contribution in [2.75, 3.05) is 5.32 Å². The van der Waals surface area contributed by atoms with Gasteiger partial charge in [-0.3, -0.25) is 4.99 Å². The van der Waals surface area contributed by atoms with E-state index in [0.717, 1.165) is 15.6 Å². The minimum Gasteiger partial charge on any atom is -0.359 e. The molecule has 0 aliphatic carbocycles. The molecule has 0 saturated carbocycles. The Kier molecular flexibility index (Phi) is 2.90. The number of nitrogens with zero attached hydrogens (tertiary/aromatic N) is 2. The van der Waals surface area contributed by atoms with Crippen LogP contribution in [0.1, 0.15) is 0 Å². The molecule has 1 atom stereocenters. The van der Waals surface area contributed by atoms with Crippen LogP contribution in [0.2, 0.25) is 0 Å². The SMILES string of the molecule is Fc1ccc(NC2C=NC=c3ccsc3=N2)cc1. The maximum Gasteiger partial charge on any atom is 0.156 e. The number of hydrogen-bond acceptors (Lipinski definition) is 4. The van der Waals surface area contributed by atoms with Gasteiger partial charge in [0.25, 0.3) is 0 Å². The van der Waals surface area contributed by atoms with Crippen molar-refractivity contribution in [1.82, 2.24) is 0 Å². The first-order valence-electron chi connectivity index (χ1n) is 5.48. The Morgan fingerprint density at radius 1 is 1.17 bits per heavy atom. The third-order valence-corrected chi connectivity index (χ3v) is 3.37. The molecule has 0 spiro atoms. The Morgan fingerprint density at radius 2 is 2.00 bits per heavy atom. The minimum atomic E-state index is -0.249. The van der Waals surface area contributed by atoms with Gasteiger partial charge in [0, 0.05) is 23.3 Å². The fourth-order valence-electron chi connectivity index (χ4n) is 1.67. The Hall–Kier alpha value is -2.01. The summed E-state index contributed by atoms with van der Waals surface area (Å²) in [6.07, 6.45) is 3.30. The van der Waals surface area contributed by atoms with Gasteiger partial charge in [-0.05, 0) is 35.7 Å². The molecule has 1 unspecified atom stereocenters. The van der Waals surface area contributed by atoms with Crippen molar-refractivity contribution in [2.24, 2.45) is 9.98 Å². The maximum absolute atomic E-state index is 12.8. The molecule has 90 valence electrons. The molecular weight excluding hydrogens is 249 g/mol. The van der Waals surface area contributed by atoms with Crippen molar-refractivity contribution in [3.8, 4) is 0 Å². The summed E-state index contributed by atoms with van der Waals surface area (Å²) in [5.41, 5.74) is 0.816. The summed E-state index contributed by atoms with van der Waals surface area (Å²) >= 11 is 1.58. The highest BCUT2D eigenvalue weighted by Gasteiger charge is 2.05. The van der Waals surface area contributed by atoms with Crippen LogP contribution in [0.3, 0.4) is 0 Å². The Labute approximate surface area is 107 Å². The molecule has 3 rings (SSSR count). The monoisotopic (exact) mass is 259 g/mol. The Morgan fingerprint density at radius 3 is 2.83 bits per heavy atom. The van der Waals surface area contributed by atoms with Gasteiger partial charge in [0.15, 0.2) is 6.17 Å². The lowest BCUT2D eigenvalue weighted by molar-refractivity contribution is 0.628. The lowest BCUT2D eigenvalue weighted by Crippen LogP contribution is -2.24. The number of thiophene rings is 1. The fraction of sp³-hybridized carbons (Fsp3) is 0.0769. The number of rotatable bonds is 2. The number of benzene rings is 1. The van der Waals surface area contributed by atoms with E-state index in [1.165, 1.54) is 12.1 Å². The minimum absolute atomic E-state index is 0.230. The fourth-order valence-corrected chi connectivity index (χ4v) is 2.44. The summed E-state index contributed by atoms with van der Waals surface area (Å²) in [7, 11) is 0. The molecule has 18 heavy (non-hydrogen) atoms. The maximum atomic E-state index is 12.8. The van der Waals surface area contributed by atoms with Crippen LogP contribution in [0.15, 0.2) is 45.7 Å². The highest BCUT2D eigenvalue weighted by Crippen LogP contribution is 2.09. The smallest absolute Gasteiger partial charge is 0.156 e. The topological polar surface area (TPSA) is 36.8 Å². The van der Waals surface area contributed by atoms with E-state index in [0.29, 0.717) is 0 Å². The van der Waals surface area contributed by atoms with Crippen LogP contribution in [0, 0.1) is 5.82 Å². The second-order valence-electron chi connectivity index (χ2n) is 3.83. The molecule has 1 aromatic heterocycles. The quantitative estimate of drug-likeness (QED) is 0.876. The van der Waals surface area contributed by atoms with Crippen LogP contribution in [0.5, 0.6) is 0 Å². The Bertz CT molecular complexity index is 688. The first-order valence-corrected chi connectivity index (χ1v) is 6.36. The van der Waals surface area contributed by atoms with Crippen LogP contribution in [-0.4, -0.2) is 12.4 Å². The van der Waals surface area contributed by atoms with Crippen LogP contribution in [-0.2, 0) is 0 Å². The molecular formula is C13H10FN3S. The lowest BCUT2D eigenvalue weighted by atomic mass is 10.3. The van der Waals surface area contributed by atoms with E-state index in [4.69, 9.17) is 0 Å². The number of fused-ring (bicyclic) bond motifs is 1. The van der Waals surface area contributed by atoms with E-state index >= 15 is 0 Å². The van der Waals surface area contributed by atoms with Gasteiger partial charge in [0.05, 0.1) is 0 Å². The molecule has 5 heteroatoms. The van der Waals surface area contributed by atoms with Gasteiger partial charge in [-0.25, -0.2) is 9.38 Å². The zero-order chi connectivity index (χ0) is 12.4. The first kappa shape index (κ1) is 11.1. The van der Waals surface area contributed by atoms with Crippen molar-refractivity contribution in [2.45, 2.75) is 6.17 Å². The second kappa shape index (κ2) is 4.70. The van der Waals surface area contributed by atoms with Gasteiger partial charge in [-0.2, -0.15) is 0 Å². The zero-order valence-electron chi connectivity index (χ0n) is 9.38. The standard InChI is InChI=1S/C13H10FN3S/c14-10-1-3-11(4-2-10)16-12-8-15-7-9-5-6-18-13(9)17-12/h1-8,12,16H. The van der Waals surface area contributed by atoms with Gasteiger partial charge < -0.3 is 5.32 Å². The predicted octanol–water partition coefficient (Wildman–Crippen LogP) is 1.77. The molecule has 1 aliphatic rings. The van der Waals surface area contributed by atoms with E-state index < -0.39 is 0 Å². The number of nitrogens with one attached hydrogen (secondary N) is 1. The molecule has 1 aromatic carbocycles. The van der Waals surface area contributed by atoms with Crippen molar-refractivity contribution in [3.05, 3.63) is 51.4 Å². The molecule has 3 nitrogen and oxygen atoms in total. The van der Waals surface area contributed by atoms with Crippen molar-refractivity contribution < 1.29 is 4.39 Å². The molecule has 2 aromatic rings. The Balaban J connectivity index is 1.88. The van der Waals surface area contributed by atoms with Gasteiger partial charge >= 0.3 is 0 Å². The summed E-state index contributed by atoms with van der Waals surface area (Å²) in [6, 6.07) is 8.18. The summed E-state index contributed by atoms with van der Waals surface area (Å²) in [6.45, 7) is 0. The molecule has 0 saturated heterocycles. The van der Waals surface area contributed by atoms with Crippen LogP contribution >= 0.6 is 11.3 Å². The average Bonchev–Trinajstić information content (AvgIpc) is 2.71. The third kappa shape index (κ3) is 2.31. The molecule has 2 heterocycles. The van der Waals surface area contributed by atoms with Crippen molar-refractivity contribution >= 4 is 29.4 Å². The molecule has 1 N–H and O–H groups in total. The molecule has 0 fully saturated rings. The third-order valence-electron chi connectivity index (χ3n) is 2.53. The van der Waals surface area contributed by atoms with Gasteiger partial charge in [-0.15, -0.1) is 11.3 Å². The van der Waals surface area contributed by atoms with Crippen LogP contribution in [0.4, 0.5) is 10.1 Å². The normalized spacial score (nSPS) is 17.3. The van der Waals surface area contributed by atoms with E-state index in [2.05, 4.69) is 15.3 Å². The highest BCUT2D eigenvalue weighted by molar-refractivity contribution is 7.07. The molecule has 0 amide bonds. The molecule has 0 bridgehead atoms. The first-order chi connectivity index (χ1) is 8.81. The average molecular weight is 259 g/mol. The number of hydrogen-bond donors (Lipinski definition) is 1. The van der Waals surface area contributed by atoms with Gasteiger partial charge in [0.1, 0.15) is 10.5 Å². The number of aliphatic imine (C=N–C) groups is 1. The van der Waals surface area contributed by atoms with Crippen molar-refractivity contribution in [1.29, 1.82) is 0 Å². The largest absolute Gasteiger partial charge is 0.359 e. The van der Waals surface area contributed by atoms with Crippen LogP contribution < -0.4 is 15.2 Å². The predicted molar refractivity (Wildman–Crippen MR) is 71.9 cm³/mol. The van der Waals surface area contributed by atoms with Crippen molar-refractivity contribution in [3.63, 3.8) is 0 Å². The van der Waals surface area contributed by atoms with E-state index in [1.807, 2.05) is 11.4 Å². The van der Waals surface area contributed by atoms with Gasteiger partial charge in [-0.1, -0.05) is 0 Å². The van der Waals surface area contributed by atoms with Crippen LogP contribution in [0.25, 0.3) is 6.20 Å². The summed E-state index contributed by atoms with van der Waals surface area (Å²) in [4.78, 5) is 8.76. The summed E-state index contributed by atoms with van der Waals surface area (Å²) in [5, 5.41) is 6.20. The highest BCUT2D eigenvalue weighted by atomic mass is 32.1. The van der Waals surface area contributed by atoms with Gasteiger partial charge in [0.2, 0.25) is 0 Å². The molecule has 0 radical (unpaired) electrons. The number of anilines is 1. The summed E-state index contributed by atoms with van der Waals surface area (Å²) in [5.74, 6) is -0.249.